The molecule has 2 heterocycles. The Hall–Kier alpha value is -3.62. The highest BCUT2D eigenvalue weighted by molar-refractivity contribution is 8.26. The Morgan fingerprint density at radius 1 is 1.03 bits per heavy atom. The van der Waals surface area contributed by atoms with Crippen molar-refractivity contribution < 1.29 is 23.8 Å². The van der Waals surface area contributed by atoms with E-state index in [9.17, 15) is 9.59 Å². The van der Waals surface area contributed by atoms with E-state index < -0.39 is 5.60 Å². The van der Waals surface area contributed by atoms with E-state index in [1.807, 2.05) is 54.6 Å². The first-order valence-corrected chi connectivity index (χ1v) is 12.1. The van der Waals surface area contributed by atoms with Gasteiger partial charge in [-0.3, -0.25) is 9.59 Å². The Kier molecular flexibility index (Phi) is 6.08. The summed E-state index contributed by atoms with van der Waals surface area (Å²) in [4.78, 5) is 26.0. The zero-order valence-corrected chi connectivity index (χ0v) is 20.6. The number of thioether (sulfide) groups is 1. The summed E-state index contributed by atoms with van der Waals surface area (Å²) < 4.78 is 17.6. The van der Waals surface area contributed by atoms with Crippen LogP contribution in [0, 0.1) is 0 Å². The number of ether oxygens (including phenoxy) is 3. The van der Waals surface area contributed by atoms with Gasteiger partial charge >= 0.3 is 0 Å². The molecule has 0 bridgehead atoms. The van der Waals surface area contributed by atoms with Crippen molar-refractivity contribution in [2.45, 2.75) is 19.4 Å². The fourth-order valence-electron chi connectivity index (χ4n) is 3.83. The highest BCUT2D eigenvalue weighted by Crippen LogP contribution is 2.38. The Labute approximate surface area is 212 Å². The summed E-state index contributed by atoms with van der Waals surface area (Å²) in [5.41, 5.74) is 1.87. The SMILES string of the molecule is CC(C)(Oc1ccc(-c2ccc3c(c2)OCO3)cc1C=C1SC(=S)NC1=O)C(=O)c1ccccc1. The second kappa shape index (κ2) is 9.20. The summed E-state index contributed by atoms with van der Waals surface area (Å²) in [5, 5.41) is 2.63. The van der Waals surface area contributed by atoms with E-state index in [0.717, 1.165) is 11.1 Å². The normalized spacial score (nSPS) is 15.9. The van der Waals surface area contributed by atoms with Crippen molar-refractivity contribution in [3.63, 3.8) is 0 Å². The van der Waals surface area contributed by atoms with Crippen LogP contribution in [0.5, 0.6) is 17.2 Å². The van der Waals surface area contributed by atoms with E-state index in [0.29, 0.717) is 37.6 Å². The van der Waals surface area contributed by atoms with Gasteiger partial charge in [-0.15, -0.1) is 0 Å². The third-order valence-electron chi connectivity index (χ3n) is 5.59. The quantitative estimate of drug-likeness (QED) is 0.266. The molecule has 3 aromatic rings. The maximum Gasteiger partial charge on any atom is 0.263 e. The summed E-state index contributed by atoms with van der Waals surface area (Å²) in [6.45, 7) is 3.66. The van der Waals surface area contributed by atoms with Crippen LogP contribution in [0.1, 0.15) is 29.8 Å². The molecule has 5 rings (SSSR count). The number of rotatable bonds is 6. The van der Waals surface area contributed by atoms with Crippen molar-refractivity contribution in [2.24, 2.45) is 0 Å². The minimum atomic E-state index is -1.14. The molecule has 1 saturated heterocycles. The summed E-state index contributed by atoms with van der Waals surface area (Å²) in [6.07, 6.45) is 1.73. The number of amides is 1. The molecule has 3 aromatic carbocycles. The van der Waals surface area contributed by atoms with Gasteiger partial charge in [0.15, 0.2) is 17.1 Å². The summed E-state index contributed by atoms with van der Waals surface area (Å²) >= 11 is 6.32. The number of fused-ring (bicyclic) bond motifs is 1. The van der Waals surface area contributed by atoms with Crippen LogP contribution in [0.2, 0.25) is 0 Å². The minimum absolute atomic E-state index is 0.147. The van der Waals surface area contributed by atoms with Crippen molar-refractivity contribution >= 4 is 46.1 Å². The van der Waals surface area contributed by atoms with E-state index in [4.69, 9.17) is 26.4 Å². The van der Waals surface area contributed by atoms with Gasteiger partial charge in [0.25, 0.3) is 5.91 Å². The average Bonchev–Trinajstić information content (AvgIpc) is 3.44. The Bertz CT molecular complexity index is 1380. The number of hydrogen-bond donors (Lipinski definition) is 1. The highest BCUT2D eigenvalue weighted by Gasteiger charge is 2.32. The molecule has 6 nitrogen and oxygen atoms in total. The van der Waals surface area contributed by atoms with E-state index in [1.54, 1.807) is 32.1 Å². The van der Waals surface area contributed by atoms with Crippen LogP contribution < -0.4 is 19.5 Å². The van der Waals surface area contributed by atoms with Gasteiger partial charge in [-0.25, -0.2) is 0 Å². The van der Waals surface area contributed by atoms with Gasteiger partial charge in [0.1, 0.15) is 10.1 Å². The number of carbonyl (C=O) groups excluding carboxylic acids is 2. The van der Waals surface area contributed by atoms with Crippen LogP contribution in [0.3, 0.4) is 0 Å². The van der Waals surface area contributed by atoms with Crippen LogP contribution >= 0.6 is 24.0 Å². The van der Waals surface area contributed by atoms with Crippen LogP contribution in [0.4, 0.5) is 0 Å². The molecule has 8 heteroatoms. The van der Waals surface area contributed by atoms with E-state index in [2.05, 4.69) is 5.32 Å². The fraction of sp³-hybridized carbons (Fsp3) is 0.148. The Morgan fingerprint density at radius 2 is 1.74 bits per heavy atom. The number of thiocarbonyl (C=S) groups is 1. The zero-order chi connectivity index (χ0) is 24.6. The molecule has 0 unspecified atom stereocenters. The standard InChI is InChI=1S/C27H21NO5S2/c1-27(2,24(29)16-6-4-3-5-7-16)33-20-10-8-17(18-9-11-21-22(13-18)32-15-31-21)12-19(20)14-23-25(30)28-26(34)35-23/h3-14H,15H2,1-2H3,(H,28,30,34). The predicted octanol–water partition coefficient (Wildman–Crippen LogP) is 5.61. The summed E-state index contributed by atoms with van der Waals surface area (Å²) in [5.74, 6) is 1.44. The van der Waals surface area contributed by atoms with Crippen molar-refractivity contribution in [3.8, 4) is 28.4 Å². The number of Topliss-reactive ketones (excluding diaryl/α,β-unsaturated/α-hetero) is 1. The van der Waals surface area contributed by atoms with Gasteiger partial charge in [-0.1, -0.05) is 66.4 Å². The molecule has 0 spiro atoms. The third kappa shape index (κ3) is 4.80. The lowest BCUT2D eigenvalue weighted by atomic mass is 9.96. The smallest absolute Gasteiger partial charge is 0.263 e. The molecule has 35 heavy (non-hydrogen) atoms. The number of nitrogens with one attached hydrogen (secondary N) is 1. The van der Waals surface area contributed by atoms with E-state index in [-0.39, 0.29) is 18.5 Å². The second-order valence-electron chi connectivity index (χ2n) is 8.48. The number of benzene rings is 3. The molecular formula is C27H21NO5S2. The molecule has 1 N–H and O–H groups in total. The fourth-order valence-corrected chi connectivity index (χ4v) is 4.87. The van der Waals surface area contributed by atoms with Gasteiger partial charge in [0, 0.05) is 11.1 Å². The van der Waals surface area contributed by atoms with Crippen LogP contribution in [-0.4, -0.2) is 28.4 Å². The molecule has 176 valence electrons. The maximum atomic E-state index is 13.2. The first kappa shape index (κ1) is 23.1. The molecule has 0 atom stereocenters. The zero-order valence-electron chi connectivity index (χ0n) is 19.0. The molecule has 2 aliphatic heterocycles. The van der Waals surface area contributed by atoms with Crippen LogP contribution in [0.25, 0.3) is 17.2 Å². The molecular weight excluding hydrogens is 482 g/mol. The molecule has 1 amide bonds. The number of carbonyl (C=O) groups is 2. The monoisotopic (exact) mass is 503 g/mol. The van der Waals surface area contributed by atoms with Crippen LogP contribution in [-0.2, 0) is 4.79 Å². The van der Waals surface area contributed by atoms with E-state index >= 15 is 0 Å². The lowest BCUT2D eigenvalue weighted by Gasteiger charge is -2.26. The van der Waals surface area contributed by atoms with Gasteiger partial charge < -0.3 is 19.5 Å². The minimum Gasteiger partial charge on any atom is -0.479 e. The van der Waals surface area contributed by atoms with Crippen molar-refractivity contribution in [1.82, 2.24) is 5.32 Å². The Morgan fingerprint density at radius 3 is 2.49 bits per heavy atom. The van der Waals surface area contributed by atoms with Crippen molar-refractivity contribution in [2.75, 3.05) is 6.79 Å². The third-order valence-corrected chi connectivity index (χ3v) is 6.75. The van der Waals surface area contributed by atoms with Gasteiger partial charge in [-0.05, 0) is 55.3 Å². The lowest BCUT2D eigenvalue weighted by Crippen LogP contribution is -2.38. The molecule has 2 aliphatic rings. The molecule has 0 saturated carbocycles. The topological polar surface area (TPSA) is 73.9 Å². The second-order valence-corrected chi connectivity index (χ2v) is 10.2. The number of hydrogen-bond acceptors (Lipinski definition) is 7. The maximum absolute atomic E-state index is 13.2. The van der Waals surface area contributed by atoms with Crippen molar-refractivity contribution in [1.29, 1.82) is 0 Å². The number of ketones is 1. The van der Waals surface area contributed by atoms with Crippen molar-refractivity contribution in [3.05, 3.63) is 82.8 Å². The lowest BCUT2D eigenvalue weighted by molar-refractivity contribution is -0.115. The molecule has 0 aliphatic carbocycles. The summed E-state index contributed by atoms with van der Waals surface area (Å²) in [6, 6.07) is 20.4. The molecule has 1 fully saturated rings. The first-order valence-electron chi connectivity index (χ1n) is 10.9. The van der Waals surface area contributed by atoms with Gasteiger partial charge in [0.2, 0.25) is 12.6 Å². The first-order chi connectivity index (χ1) is 16.8. The van der Waals surface area contributed by atoms with Gasteiger partial charge in [-0.2, -0.15) is 0 Å². The highest BCUT2D eigenvalue weighted by atomic mass is 32.2. The summed E-state index contributed by atoms with van der Waals surface area (Å²) in [7, 11) is 0. The predicted molar refractivity (Wildman–Crippen MR) is 140 cm³/mol. The largest absolute Gasteiger partial charge is 0.479 e. The Balaban J connectivity index is 1.54. The van der Waals surface area contributed by atoms with Crippen LogP contribution in [0.15, 0.2) is 71.6 Å². The van der Waals surface area contributed by atoms with Gasteiger partial charge in [0.05, 0.1) is 4.91 Å². The molecule has 0 aromatic heterocycles. The average molecular weight is 504 g/mol. The van der Waals surface area contributed by atoms with E-state index in [1.165, 1.54) is 11.8 Å². The molecule has 0 radical (unpaired) electrons.